The minimum Gasteiger partial charge on any atom is -0.316 e. The number of rotatable bonds is 2. The fourth-order valence-corrected chi connectivity index (χ4v) is 6.49. The van der Waals surface area contributed by atoms with E-state index in [4.69, 9.17) is 11.6 Å². The third-order valence-corrected chi connectivity index (χ3v) is 7.78. The van der Waals surface area contributed by atoms with E-state index in [1.165, 1.54) is 0 Å². The maximum absolute atomic E-state index is 13.0. The van der Waals surface area contributed by atoms with E-state index in [0.29, 0.717) is 18.4 Å². The van der Waals surface area contributed by atoms with E-state index in [2.05, 4.69) is 21.2 Å². The molecule has 1 aromatic rings. The van der Waals surface area contributed by atoms with Crippen molar-refractivity contribution >= 4 is 37.6 Å². The summed E-state index contributed by atoms with van der Waals surface area (Å²) in [6, 6.07) is 4.91. The van der Waals surface area contributed by atoms with Crippen molar-refractivity contribution < 1.29 is 8.42 Å². The van der Waals surface area contributed by atoms with Gasteiger partial charge in [0, 0.05) is 23.1 Å². The zero-order chi connectivity index (χ0) is 15.4. The van der Waals surface area contributed by atoms with Gasteiger partial charge in [-0.3, -0.25) is 0 Å². The molecule has 21 heavy (non-hydrogen) atoms. The summed E-state index contributed by atoms with van der Waals surface area (Å²) in [6.07, 6.45) is 0. The van der Waals surface area contributed by atoms with Gasteiger partial charge in [0.15, 0.2) is 0 Å². The molecule has 0 aliphatic carbocycles. The molecular formula is C14H18BrClN2O2S. The Morgan fingerprint density at radius 3 is 2.71 bits per heavy atom. The molecule has 1 aromatic carbocycles. The highest BCUT2D eigenvalue weighted by Gasteiger charge is 2.54. The number of hydrogen-bond donors (Lipinski definition) is 1. The van der Waals surface area contributed by atoms with Gasteiger partial charge in [0.2, 0.25) is 10.0 Å². The number of benzene rings is 1. The highest BCUT2D eigenvalue weighted by molar-refractivity contribution is 9.10. The Hall–Kier alpha value is -0.140. The molecule has 2 saturated heterocycles. The van der Waals surface area contributed by atoms with Crippen LogP contribution < -0.4 is 5.32 Å². The molecule has 2 unspecified atom stereocenters. The van der Waals surface area contributed by atoms with Crippen molar-refractivity contribution in [1.29, 1.82) is 0 Å². The Balaban J connectivity index is 2.03. The third kappa shape index (κ3) is 2.45. The first-order valence-electron chi connectivity index (χ1n) is 6.93. The molecular weight excluding hydrogens is 376 g/mol. The van der Waals surface area contributed by atoms with Crippen molar-refractivity contribution in [2.45, 2.75) is 24.3 Å². The Morgan fingerprint density at radius 1 is 1.38 bits per heavy atom. The summed E-state index contributed by atoms with van der Waals surface area (Å²) < 4.78 is 28.4. The predicted molar refractivity (Wildman–Crippen MR) is 87.0 cm³/mol. The van der Waals surface area contributed by atoms with Gasteiger partial charge in [-0.2, -0.15) is 4.31 Å². The topological polar surface area (TPSA) is 49.4 Å². The summed E-state index contributed by atoms with van der Waals surface area (Å²) in [5.41, 5.74) is -0.399. The minimum absolute atomic E-state index is 0.188. The molecule has 2 atom stereocenters. The molecule has 2 fully saturated rings. The lowest BCUT2D eigenvalue weighted by atomic mass is 9.85. The molecule has 0 aromatic heterocycles. The Morgan fingerprint density at radius 2 is 2.10 bits per heavy atom. The zero-order valence-corrected chi connectivity index (χ0v) is 15.1. The van der Waals surface area contributed by atoms with Crippen LogP contribution in [0.1, 0.15) is 13.8 Å². The highest BCUT2D eigenvalue weighted by Crippen LogP contribution is 2.44. The highest BCUT2D eigenvalue weighted by atomic mass is 79.9. The Kier molecular flexibility index (Phi) is 3.90. The maximum atomic E-state index is 13.0. The van der Waals surface area contributed by atoms with E-state index in [-0.39, 0.29) is 9.92 Å². The molecule has 4 nitrogen and oxygen atoms in total. The number of hydrogen-bond acceptors (Lipinski definition) is 3. The molecule has 1 N–H and O–H groups in total. The maximum Gasteiger partial charge on any atom is 0.245 e. The first kappa shape index (κ1) is 15.7. The number of halogens is 2. The molecule has 116 valence electrons. The van der Waals surface area contributed by atoms with Gasteiger partial charge in [-0.1, -0.05) is 27.5 Å². The summed E-state index contributed by atoms with van der Waals surface area (Å²) in [7, 11) is -3.58. The number of sulfonamides is 1. The minimum atomic E-state index is -3.58. The molecule has 0 bridgehead atoms. The van der Waals surface area contributed by atoms with Gasteiger partial charge in [-0.25, -0.2) is 8.42 Å². The van der Waals surface area contributed by atoms with Crippen LogP contribution in [-0.2, 0) is 10.0 Å². The van der Waals surface area contributed by atoms with Crippen LogP contribution in [0.3, 0.4) is 0 Å². The van der Waals surface area contributed by atoms with Crippen LogP contribution >= 0.6 is 27.5 Å². The number of nitrogens with zero attached hydrogens (tertiary/aromatic N) is 1. The van der Waals surface area contributed by atoms with E-state index in [0.717, 1.165) is 17.6 Å². The number of fused-ring (bicyclic) bond motifs is 1. The lowest BCUT2D eigenvalue weighted by molar-refractivity contribution is 0.233. The molecule has 2 heterocycles. The SMILES string of the molecule is CC1(C)C2CNCC2CN1S(=O)(=O)c1ccc(Br)cc1Cl. The summed E-state index contributed by atoms with van der Waals surface area (Å²) in [5, 5.41) is 3.62. The van der Waals surface area contributed by atoms with Gasteiger partial charge in [0.25, 0.3) is 0 Å². The second-order valence-electron chi connectivity index (χ2n) is 6.29. The van der Waals surface area contributed by atoms with Crippen molar-refractivity contribution in [3.05, 3.63) is 27.7 Å². The normalized spacial score (nSPS) is 28.8. The molecule has 3 rings (SSSR count). The molecule has 7 heteroatoms. The van der Waals surface area contributed by atoms with Crippen LogP contribution in [0.4, 0.5) is 0 Å². The first-order valence-corrected chi connectivity index (χ1v) is 9.54. The van der Waals surface area contributed by atoms with Crippen LogP contribution in [-0.4, -0.2) is 37.9 Å². The van der Waals surface area contributed by atoms with E-state index >= 15 is 0 Å². The van der Waals surface area contributed by atoms with Crippen molar-refractivity contribution in [3.63, 3.8) is 0 Å². The lowest BCUT2D eigenvalue weighted by Gasteiger charge is -2.34. The van der Waals surface area contributed by atoms with Crippen LogP contribution in [0.25, 0.3) is 0 Å². The van der Waals surface area contributed by atoms with E-state index in [1.807, 2.05) is 13.8 Å². The van der Waals surface area contributed by atoms with Crippen LogP contribution in [0.5, 0.6) is 0 Å². The Labute approximate surface area is 139 Å². The van der Waals surface area contributed by atoms with Crippen LogP contribution in [0, 0.1) is 11.8 Å². The molecule has 2 aliphatic rings. The van der Waals surface area contributed by atoms with E-state index in [1.54, 1.807) is 22.5 Å². The monoisotopic (exact) mass is 392 g/mol. The van der Waals surface area contributed by atoms with Gasteiger partial charge < -0.3 is 5.32 Å². The second-order valence-corrected chi connectivity index (χ2v) is 9.44. The predicted octanol–water partition coefficient (Wildman–Crippen LogP) is 2.72. The molecule has 0 radical (unpaired) electrons. The molecule has 0 amide bonds. The quantitative estimate of drug-likeness (QED) is 0.840. The smallest absolute Gasteiger partial charge is 0.245 e. The first-order chi connectivity index (χ1) is 9.74. The van der Waals surface area contributed by atoms with Gasteiger partial charge >= 0.3 is 0 Å². The van der Waals surface area contributed by atoms with Gasteiger partial charge in [0.05, 0.1) is 5.02 Å². The largest absolute Gasteiger partial charge is 0.316 e. The van der Waals surface area contributed by atoms with E-state index in [9.17, 15) is 8.42 Å². The van der Waals surface area contributed by atoms with Crippen LogP contribution in [0.15, 0.2) is 27.6 Å². The fourth-order valence-electron chi connectivity index (χ4n) is 3.60. The fraction of sp³-hybridized carbons (Fsp3) is 0.571. The summed E-state index contributed by atoms with van der Waals surface area (Å²) in [6.45, 7) is 6.33. The van der Waals surface area contributed by atoms with Crippen molar-refractivity contribution in [2.75, 3.05) is 19.6 Å². The van der Waals surface area contributed by atoms with Gasteiger partial charge in [0.1, 0.15) is 4.90 Å². The molecule has 2 aliphatic heterocycles. The second kappa shape index (κ2) is 5.20. The van der Waals surface area contributed by atoms with Crippen molar-refractivity contribution in [2.24, 2.45) is 11.8 Å². The summed E-state index contributed by atoms with van der Waals surface area (Å²) in [4.78, 5) is 0.188. The molecule has 0 saturated carbocycles. The average molecular weight is 394 g/mol. The standard InChI is InChI=1S/C14H18BrClN2O2S/c1-14(2)11-7-17-6-9(11)8-18(14)21(19,20)13-4-3-10(15)5-12(13)16/h3-5,9,11,17H,6-8H2,1-2H3. The Bertz CT molecular complexity index is 678. The van der Waals surface area contributed by atoms with Crippen molar-refractivity contribution in [1.82, 2.24) is 9.62 Å². The van der Waals surface area contributed by atoms with Gasteiger partial charge in [-0.05, 0) is 50.4 Å². The van der Waals surface area contributed by atoms with Crippen molar-refractivity contribution in [3.8, 4) is 0 Å². The van der Waals surface area contributed by atoms with E-state index < -0.39 is 15.6 Å². The molecule has 0 spiro atoms. The van der Waals surface area contributed by atoms with Gasteiger partial charge in [-0.15, -0.1) is 0 Å². The van der Waals surface area contributed by atoms with Crippen LogP contribution in [0.2, 0.25) is 5.02 Å². The zero-order valence-electron chi connectivity index (χ0n) is 11.9. The summed E-state index contributed by atoms with van der Waals surface area (Å²) >= 11 is 9.47. The average Bonchev–Trinajstić information content (AvgIpc) is 2.91. The number of nitrogens with one attached hydrogen (secondary N) is 1. The lowest BCUT2D eigenvalue weighted by Crippen LogP contribution is -2.47. The summed E-state index contributed by atoms with van der Waals surface area (Å²) in [5.74, 6) is 0.727. The third-order valence-electron chi connectivity index (χ3n) is 4.75.